The van der Waals surface area contributed by atoms with Crippen LogP contribution in [0.3, 0.4) is 0 Å². The van der Waals surface area contributed by atoms with Crippen LogP contribution in [0, 0.1) is 5.82 Å². The summed E-state index contributed by atoms with van der Waals surface area (Å²) in [5, 5.41) is 0.284. The van der Waals surface area contributed by atoms with E-state index in [1.54, 1.807) is 0 Å². The number of halogens is 2. The average molecular weight is 312 g/mol. The Bertz CT molecular complexity index is 783. The Hall–Kier alpha value is -2.08. The first-order chi connectivity index (χ1) is 9.93. The third-order valence-electron chi connectivity index (χ3n) is 3.06. The third-order valence-corrected chi connectivity index (χ3v) is 3.43. The van der Waals surface area contributed by atoms with Crippen molar-refractivity contribution >= 4 is 17.3 Å². The predicted molar refractivity (Wildman–Crippen MR) is 80.2 cm³/mol. The lowest BCUT2D eigenvalue weighted by Crippen LogP contribution is -2.41. The van der Waals surface area contributed by atoms with Crippen molar-refractivity contribution in [2.75, 3.05) is 5.73 Å². The summed E-state index contributed by atoms with van der Waals surface area (Å²) in [4.78, 5) is 24.3. The van der Waals surface area contributed by atoms with Gasteiger partial charge in [-0.1, -0.05) is 18.5 Å². The van der Waals surface area contributed by atoms with E-state index in [4.69, 9.17) is 17.3 Å². The molecule has 0 saturated carbocycles. The van der Waals surface area contributed by atoms with Gasteiger partial charge in [-0.15, -0.1) is 0 Å². The number of aryl methyl sites for hydroxylation is 1. The third kappa shape index (κ3) is 3.16. The zero-order valence-corrected chi connectivity index (χ0v) is 12.2. The van der Waals surface area contributed by atoms with Gasteiger partial charge >= 0.3 is 5.69 Å². The zero-order valence-electron chi connectivity index (χ0n) is 11.5. The van der Waals surface area contributed by atoms with Crippen molar-refractivity contribution in [3.63, 3.8) is 0 Å². The smallest absolute Gasteiger partial charge is 0.331 e. The lowest BCUT2D eigenvalue weighted by molar-refractivity contribution is 0.570. The van der Waals surface area contributed by atoms with Crippen LogP contribution in [0.4, 0.5) is 10.1 Å². The van der Waals surface area contributed by atoms with Gasteiger partial charge in [0.05, 0.1) is 6.54 Å². The summed E-state index contributed by atoms with van der Waals surface area (Å²) in [7, 11) is 0. The number of rotatable bonds is 4. The van der Waals surface area contributed by atoms with Crippen molar-refractivity contribution in [1.82, 2.24) is 9.13 Å². The fourth-order valence-corrected chi connectivity index (χ4v) is 2.23. The zero-order chi connectivity index (χ0) is 15.6. The molecule has 0 unspecified atom stereocenters. The van der Waals surface area contributed by atoms with Gasteiger partial charge in [-0.2, -0.15) is 0 Å². The van der Waals surface area contributed by atoms with Crippen LogP contribution in [0.25, 0.3) is 0 Å². The fourth-order valence-electron chi connectivity index (χ4n) is 2.05. The maximum absolute atomic E-state index is 13.3. The van der Waals surface area contributed by atoms with E-state index in [2.05, 4.69) is 0 Å². The normalized spacial score (nSPS) is 10.8. The molecule has 2 rings (SSSR count). The minimum absolute atomic E-state index is 0.0319. The Morgan fingerprint density at radius 2 is 2.05 bits per heavy atom. The molecule has 1 aromatic carbocycles. The summed E-state index contributed by atoms with van der Waals surface area (Å²) in [6, 6.07) is 3.79. The summed E-state index contributed by atoms with van der Waals surface area (Å²) in [6.45, 7) is 2.23. The molecular formula is C14H15ClFN3O2. The monoisotopic (exact) mass is 311 g/mol. The van der Waals surface area contributed by atoms with E-state index in [0.717, 1.165) is 11.0 Å². The van der Waals surface area contributed by atoms with E-state index in [1.165, 1.54) is 29.0 Å². The van der Waals surface area contributed by atoms with Crippen molar-refractivity contribution in [2.45, 2.75) is 26.4 Å². The number of nitrogen functional groups attached to an aromatic ring is 1. The minimum atomic E-state index is -0.604. The first-order valence-corrected chi connectivity index (χ1v) is 6.85. The number of anilines is 1. The van der Waals surface area contributed by atoms with E-state index in [0.29, 0.717) is 12.1 Å². The van der Waals surface area contributed by atoms with Gasteiger partial charge < -0.3 is 5.73 Å². The van der Waals surface area contributed by atoms with Crippen molar-refractivity contribution in [3.05, 3.63) is 61.6 Å². The van der Waals surface area contributed by atoms with Gasteiger partial charge in [-0.3, -0.25) is 13.9 Å². The van der Waals surface area contributed by atoms with E-state index in [9.17, 15) is 14.0 Å². The van der Waals surface area contributed by atoms with Crippen molar-refractivity contribution < 1.29 is 4.39 Å². The van der Waals surface area contributed by atoms with Gasteiger partial charge in [-0.25, -0.2) is 9.18 Å². The van der Waals surface area contributed by atoms with Crippen molar-refractivity contribution in [2.24, 2.45) is 0 Å². The van der Waals surface area contributed by atoms with Crippen LogP contribution in [0.15, 0.2) is 34.0 Å². The first kappa shape index (κ1) is 15.3. The number of hydrogen-bond donors (Lipinski definition) is 1. The minimum Gasteiger partial charge on any atom is -0.393 e. The molecule has 7 heteroatoms. The molecule has 0 amide bonds. The van der Waals surface area contributed by atoms with E-state index in [1.807, 2.05) is 6.92 Å². The Balaban J connectivity index is 2.56. The number of hydrogen-bond acceptors (Lipinski definition) is 3. The van der Waals surface area contributed by atoms with E-state index in [-0.39, 0.29) is 17.3 Å². The van der Waals surface area contributed by atoms with Crippen LogP contribution in [-0.4, -0.2) is 9.13 Å². The molecule has 2 aromatic rings. The highest BCUT2D eigenvalue weighted by atomic mass is 35.5. The second kappa shape index (κ2) is 6.13. The molecular weight excluding hydrogens is 297 g/mol. The van der Waals surface area contributed by atoms with Gasteiger partial charge in [0, 0.05) is 17.8 Å². The number of benzene rings is 1. The van der Waals surface area contributed by atoms with E-state index >= 15 is 0 Å². The largest absolute Gasteiger partial charge is 0.393 e. The van der Waals surface area contributed by atoms with Crippen molar-refractivity contribution in [3.8, 4) is 0 Å². The molecule has 1 aromatic heterocycles. The van der Waals surface area contributed by atoms with Crippen molar-refractivity contribution in [1.29, 1.82) is 0 Å². The standard InChI is InChI=1S/C14H15ClFN3O2/c1-2-5-18-8-12(17)13(20)19(14(18)21)7-9-6-10(16)3-4-11(9)15/h3-4,6,8H,2,5,7,17H2,1H3. The Morgan fingerprint density at radius 1 is 1.33 bits per heavy atom. The summed E-state index contributed by atoms with van der Waals surface area (Å²) >= 11 is 5.97. The SMILES string of the molecule is CCCn1cc(N)c(=O)n(Cc2cc(F)ccc2Cl)c1=O. The molecule has 0 bridgehead atoms. The van der Waals surface area contributed by atoms with Gasteiger partial charge in [0.1, 0.15) is 11.5 Å². The van der Waals surface area contributed by atoms with Crippen LogP contribution >= 0.6 is 11.6 Å². The highest BCUT2D eigenvalue weighted by molar-refractivity contribution is 6.31. The first-order valence-electron chi connectivity index (χ1n) is 6.47. The molecule has 2 N–H and O–H groups in total. The highest BCUT2D eigenvalue weighted by Gasteiger charge is 2.11. The second-order valence-corrected chi connectivity index (χ2v) is 5.09. The van der Waals surface area contributed by atoms with E-state index < -0.39 is 17.1 Å². The molecule has 0 saturated heterocycles. The Morgan fingerprint density at radius 3 is 2.71 bits per heavy atom. The summed E-state index contributed by atoms with van der Waals surface area (Å²) in [5.41, 5.74) is 4.87. The molecule has 0 aliphatic carbocycles. The number of nitrogens with two attached hydrogens (primary N) is 1. The average Bonchev–Trinajstić information content (AvgIpc) is 2.44. The van der Waals surface area contributed by atoms with Crippen LogP contribution in [0.5, 0.6) is 0 Å². The fraction of sp³-hybridized carbons (Fsp3) is 0.286. The summed E-state index contributed by atoms with van der Waals surface area (Å²) in [5.74, 6) is -0.486. The second-order valence-electron chi connectivity index (χ2n) is 4.69. The number of aromatic nitrogens is 2. The molecule has 0 atom stereocenters. The van der Waals surface area contributed by atoms with Gasteiger partial charge in [0.25, 0.3) is 5.56 Å². The van der Waals surface area contributed by atoms with Crippen LogP contribution in [-0.2, 0) is 13.1 Å². The predicted octanol–water partition coefficient (Wildman–Crippen LogP) is 1.84. The van der Waals surface area contributed by atoms with Gasteiger partial charge in [-0.05, 0) is 30.2 Å². The lowest BCUT2D eigenvalue weighted by atomic mass is 10.2. The summed E-state index contributed by atoms with van der Waals surface area (Å²) in [6.07, 6.45) is 2.05. The van der Waals surface area contributed by atoms with Crippen LogP contribution in [0.1, 0.15) is 18.9 Å². The molecule has 112 valence electrons. The van der Waals surface area contributed by atoms with Crippen LogP contribution < -0.4 is 17.0 Å². The molecule has 0 spiro atoms. The lowest BCUT2D eigenvalue weighted by Gasteiger charge is -2.11. The molecule has 5 nitrogen and oxygen atoms in total. The molecule has 21 heavy (non-hydrogen) atoms. The molecule has 0 fully saturated rings. The Labute approximate surface area is 125 Å². The number of nitrogens with zero attached hydrogens (tertiary/aromatic N) is 2. The molecule has 0 radical (unpaired) electrons. The maximum Gasteiger partial charge on any atom is 0.331 e. The highest BCUT2D eigenvalue weighted by Crippen LogP contribution is 2.17. The van der Waals surface area contributed by atoms with Crippen LogP contribution in [0.2, 0.25) is 5.02 Å². The topological polar surface area (TPSA) is 70.0 Å². The maximum atomic E-state index is 13.3. The Kier molecular flexibility index (Phi) is 4.47. The molecule has 0 aliphatic heterocycles. The van der Waals surface area contributed by atoms with Gasteiger partial charge in [0.2, 0.25) is 0 Å². The van der Waals surface area contributed by atoms with Gasteiger partial charge in [0.15, 0.2) is 0 Å². The quantitative estimate of drug-likeness (QED) is 0.936. The molecule has 0 aliphatic rings. The summed E-state index contributed by atoms with van der Waals surface area (Å²) < 4.78 is 15.6. The molecule has 1 heterocycles.